The fourth-order valence-corrected chi connectivity index (χ4v) is 1.68. The van der Waals surface area contributed by atoms with Crippen LogP contribution in [-0.2, 0) is 12.8 Å². The second-order valence-electron chi connectivity index (χ2n) is 5.06. The minimum absolute atomic E-state index is 0.258. The van der Waals surface area contributed by atoms with Crippen LogP contribution in [0.4, 0.5) is 0 Å². The van der Waals surface area contributed by atoms with Crippen LogP contribution in [-0.4, -0.2) is 16.7 Å². The fourth-order valence-electron chi connectivity index (χ4n) is 1.68. The third-order valence-electron chi connectivity index (χ3n) is 2.82. The molecule has 0 spiro atoms. The van der Waals surface area contributed by atoms with Crippen molar-refractivity contribution in [3.8, 4) is 0 Å². The summed E-state index contributed by atoms with van der Waals surface area (Å²) in [7, 11) is 0. The summed E-state index contributed by atoms with van der Waals surface area (Å²) in [6.07, 6.45) is 4.87. The van der Waals surface area contributed by atoms with Gasteiger partial charge in [-0.1, -0.05) is 25.9 Å². The monoisotopic (exact) mass is 225 g/mol. The van der Waals surface area contributed by atoms with Crippen LogP contribution in [0.25, 0.3) is 0 Å². The van der Waals surface area contributed by atoms with Gasteiger partial charge in [-0.2, -0.15) is 4.98 Å². The van der Waals surface area contributed by atoms with Gasteiger partial charge in [0.05, 0.1) is 0 Å². The van der Waals surface area contributed by atoms with Crippen LogP contribution in [0.3, 0.4) is 0 Å². The van der Waals surface area contributed by atoms with E-state index in [2.05, 4.69) is 30.9 Å². The molecule has 1 rings (SSSR count). The largest absolute Gasteiger partial charge is 0.339 e. The van der Waals surface area contributed by atoms with Gasteiger partial charge in [-0.25, -0.2) is 0 Å². The summed E-state index contributed by atoms with van der Waals surface area (Å²) >= 11 is 0. The van der Waals surface area contributed by atoms with E-state index in [1.807, 2.05) is 0 Å². The molecule has 0 aliphatic rings. The minimum atomic E-state index is 0.258. The van der Waals surface area contributed by atoms with Crippen LogP contribution in [0, 0.1) is 5.41 Å². The molecule has 16 heavy (non-hydrogen) atoms. The Labute approximate surface area is 97.6 Å². The van der Waals surface area contributed by atoms with Crippen molar-refractivity contribution in [1.29, 1.82) is 0 Å². The Morgan fingerprint density at radius 3 is 2.62 bits per heavy atom. The molecule has 0 saturated heterocycles. The van der Waals surface area contributed by atoms with Crippen LogP contribution in [0.1, 0.15) is 51.7 Å². The zero-order chi connectivity index (χ0) is 12.0. The summed E-state index contributed by atoms with van der Waals surface area (Å²) in [6.45, 7) is 7.30. The maximum Gasteiger partial charge on any atom is 0.226 e. The van der Waals surface area contributed by atoms with Gasteiger partial charge in [0.15, 0.2) is 5.82 Å². The van der Waals surface area contributed by atoms with E-state index in [4.69, 9.17) is 10.3 Å². The molecule has 0 aliphatic carbocycles. The normalized spacial score (nSPS) is 12.0. The van der Waals surface area contributed by atoms with Gasteiger partial charge in [0.2, 0.25) is 5.89 Å². The predicted molar refractivity (Wildman–Crippen MR) is 64.1 cm³/mol. The molecule has 0 bridgehead atoms. The fraction of sp³-hybridized carbons (Fsp3) is 0.833. The molecule has 1 aromatic rings. The highest BCUT2D eigenvalue weighted by atomic mass is 16.5. The third kappa shape index (κ3) is 4.31. The summed E-state index contributed by atoms with van der Waals surface area (Å²) in [5.41, 5.74) is 5.83. The molecule has 0 aromatic carbocycles. The van der Waals surface area contributed by atoms with Crippen molar-refractivity contribution in [1.82, 2.24) is 10.1 Å². The Morgan fingerprint density at radius 2 is 2.00 bits per heavy atom. The second kappa shape index (κ2) is 5.99. The summed E-state index contributed by atoms with van der Waals surface area (Å²) in [5.74, 6) is 1.59. The Morgan fingerprint density at radius 1 is 1.25 bits per heavy atom. The Hall–Kier alpha value is -0.900. The van der Waals surface area contributed by atoms with E-state index in [0.717, 1.165) is 50.4 Å². The zero-order valence-electron chi connectivity index (χ0n) is 10.6. The number of nitrogens with two attached hydrogens (primary N) is 1. The minimum Gasteiger partial charge on any atom is -0.339 e. The smallest absolute Gasteiger partial charge is 0.226 e. The quantitative estimate of drug-likeness (QED) is 0.773. The molecular formula is C12H23N3O. The van der Waals surface area contributed by atoms with Gasteiger partial charge >= 0.3 is 0 Å². The summed E-state index contributed by atoms with van der Waals surface area (Å²) in [5, 5.41) is 3.94. The molecule has 1 heterocycles. The summed E-state index contributed by atoms with van der Waals surface area (Å²) in [6, 6.07) is 0. The Kier molecular flexibility index (Phi) is 4.93. The first-order chi connectivity index (χ1) is 7.57. The van der Waals surface area contributed by atoms with Gasteiger partial charge in [0, 0.05) is 12.8 Å². The van der Waals surface area contributed by atoms with Crippen molar-refractivity contribution in [2.24, 2.45) is 11.1 Å². The van der Waals surface area contributed by atoms with E-state index in [1.54, 1.807) is 0 Å². The summed E-state index contributed by atoms with van der Waals surface area (Å²) < 4.78 is 5.20. The van der Waals surface area contributed by atoms with Crippen molar-refractivity contribution in [3.63, 3.8) is 0 Å². The molecule has 0 atom stereocenters. The maximum atomic E-state index is 5.58. The Bertz CT molecular complexity index is 307. The van der Waals surface area contributed by atoms with Gasteiger partial charge in [-0.15, -0.1) is 0 Å². The SMILES string of the molecule is CCCc1noc(CCC(C)(C)CCN)n1. The van der Waals surface area contributed by atoms with E-state index in [1.165, 1.54) is 0 Å². The molecular weight excluding hydrogens is 202 g/mol. The number of nitrogens with zero attached hydrogens (tertiary/aromatic N) is 2. The molecule has 0 aliphatic heterocycles. The Balaban J connectivity index is 2.41. The molecule has 4 nitrogen and oxygen atoms in total. The molecule has 2 N–H and O–H groups in total. The molecule has 0 radical (unpaired) electrons. The standard InChI is InChI=1S/C12H23N3O/c1-4-5-10-14-11(16-15-10)6-7-12(2,3)8-9-13/h4-9,13H2,1-3H3. The van der Waals surface area contributed by atoms with Crippen molar-refractivity contribution >= 4 is 0 Å². The topological polar surface area (TPSA) is 64.9 Å². The maximum absolute atomic E-state index is 5.58. The first kappa shape index (κ1) is 13.2. The van der Waals surface area contributed by atoms with Crippen LogP contribution in [0.15, 0.2) is 4.52 Å². The first-order valence-corrected chi connectivity index (χ1v) is 6.09. The van der Waals surface area contributed by atoms with E-state index in [0.29, 0.717) is 0 Å². The lowest BCUT2D eigenvalue weighted by Gasteiger charge is -2.22. The number of hydrogen-bond donors (Lipinski definition) is 1. The number of aromatic nitrogens is 2. The van der Waals surface area contributed by atoms with Gasteiger partial charge in [0.25, 0.3) is 0 Å². The van der Waals surface area contributed by atoms with Gasteiger partial charge in [-0.05, 0) is 31.2 Å². The van der Waals surface area contributed by atoms with Crippen molar-refractivity contribution in [2.75, 3.05) is 6.54 Å². The number of rotatable bonds is 7. The molecule has 4 heteroatoms. The van der Waals surface area contributed by atoms with Gasteiger partial charge in [-0.3, -0.25) is 0 Å². The average molecular weight is 225 g/mol. The average Bonchev–Trinajstić information content (AvgIpc) is 2.64. The highest BCUT2D eigenvalue weighted by Gasteiger charge is 2.18. The number of hydrogen-bond acceptors (Lipinski definition) is 4. The highest BCUT2D eigenvalue weighted by molar-refractivity contribution is 4.87. The first-order valence-electron chi connectivity index (χ1n) is 6.09. The van der Waals surface area contributed by atoms with E-state index in [9.17, 15) is 0 Å². The molecule has 0 unspecified atom stereocenters. The summed E-state index contributed by atoms with van der Waals surface area (Å²) in [4.78, 5) is 4.35. The number of aryl methyl sites for hydroxylation is 2. The van der Waals surface area contributed by atoms with Gasteiger partial charge < -0.3 is 10.3 Å². The third-order valence-corrected chi connectivity index (χ3v) is 2.82. The lowest BCUT2D eigenvalue weighted by molar-refractivity contribution is 0.288. The van der Waals surface area contributed by atoms with Crippen molar-refractivity contribution < 1.29 is 4.52 Å². The van der Waals surface area contributed by atoms with Gasteiger partial charge in [0.1, 0.15) is 0 Å². The lowest BCUT2D eigenvalue weighted by atomic mass is 9.84. The molecule has 0 saturated carbocycles. The van der Waals surface area contributed by atoms with Crippen LogP contribution in [0.5, 0.6) is 0 Å². The molecule has 1 aromatic heterocycles. The molecule has 0 fully saturated rings. The van der Waals surface area contributed by atoms with Crippen molar-refractivity contribution in [3.05, 3.63) is 11.7 Å². The second-order valence-corrected chi connectivity index (χ2v) is 5.06. The van der Waals surface area contributed by atoms with E-state index >= 15 is 0 Å². The van der Waals surface area contributed by atoms with Crippen molar-refractivity contribution in [2.45, 2.75) is 52.9 Å². The van der Waals surface area contributed by atoms with E-state index in [-0.39, 0.29) is 5.41 Å². The predicted octanol–water partition coefficient (Wildman–Crippen LogP) is 2.33. The van der Waals surface area contributed by atoms with E-state index < -0.39 is 0 Å². The molecule has 92 valence electrons. The zero-order valence-corrected chi connectivity index (χ0v) is 10.6. The van der Waals surface area contributed by atoms with Crippen LogP contribution in [0.2, 0.25) is 0 Å². The molecule has 0 amide bonds. The van der Waals surface area contributed by atoms with Crippen LogP contribution < -0.4 is 5.73 Å². The highest BCUT2D eigenvalue weighted by Crippen LogP contribution is 2.25. The van der Waals surface area contributed by atoms with Crippen LogP contribution >= 0.6 is 0 Å². The lowest BCUT2D eigenvalue weighted by Crippen LogP contribution is -2.17.